The van der Waals surface area contributed by atoms with E-state index in [1.807, 2.05) is 6.92 Å². The summed E-state index contributed by atoms with van der Waals surface area (Å²) in [6.07, 6.45) is 3.25. The molecular formula is C11H17BrN2O2. The molecule has 0 radical (unpaired) electrons. The molecule has 0 aromatic carbocycles. The highest BCUT2D eigenvalue weighted by atomic mass is 79.9. The molecule has 0 aliphatic rings. The van der Waals surface area contributed by atoms with Crippen molar-refractivity contribution in [3.8, 4) is 0 Å². The zero-order chi connectivity index (χ0) is 12.2. The lowest BCUT2D eigenvalue weighted by Crippen LogP contribution is -2.40. The number of carbonyl (C=O) groups is 1. The predicted octanol–water partition coefficient (Wildman–Crippen LogP) is 2.06. The van der Waals surface area contributed by atoms with Crippen molar-refractivity contribution in [2.45, 2.75) is 32.3 Å². The van der Waals surface area contributed by atoms with Gasteiger partial charge < -0.3 is 15.4 Å². The molecule has 0 saturated carbocycles. The van der Waals surface area contributed by atoms with Crippen LogP contribution in [0.4, 0.5) is 0 Å². The van der Waals surface area contributed by atoms with Gasteiger partial charge in [0.2, 0.25) is 0 Å². The maximum atomic E-state index is 11.6. The first-order chi connectivity index (χ1) is 7.44. The normalized spacial score (nSPS) is 14.5. The van der Waals surface area contributed by atoms with Gasteiger partial charge in [-0.1, -0.05) is 13.3 Å². The number of nitrogens with one attached hydrogen (secondary N) is 2. The van der Waals surface area contributed by atoms with E-state index in [0.29, 0.717) is 12.1 Å². The fourth-order valence-electron chi connectivity index (χ4n) is 1.49. The van der Waals surface area contributed by atoms with Gasteiger partial charge in [-0.3, -0.25) is 4.79 Å². The molecule has 1 aromatic rings. The van der Waals surface area contributed by atoms with E-state index in [1.165, 1.54) is 0 Å². The molecule has 90 valence electrons. The van der Waals surface area contributed by atoms with Gasteiger partial charge in [0.25, 0.3) is 5.91 Å². The molecule has 0 aliphatic heterocycles. The Balaban J connectivity index is 2.47. The summed E-state index contributed by atoms with van der Waals surface area (Å²) in [6.45, 7) is 3.98. The van der Waals surface area contributed by atoms with Crippen LogP contribution in [0.15, 0.2) is 16.7 Å². The van der Waals surface area contributed by atoms with Gasteiger partial charge in [0, 0.05) is 17.2 Å². The minimum Gasteiger partial charge on any atom is -0.388 e. The summed E-state index contributed by atoms with van der Waals surface area (Å²) >= 11 is 3.26. The SMILES string of the molecule is CCCC(C)(O)CNC(=O)c1cc(Br)c[nH]1. The number of aliphatic hydroxyl groups is 1. The van der Waals surface area contributed by atoms with E-state index in [2.05, 4.69) is 26.2 Å². The van der Waals surface area contributed by atoms with Crippen LogP contribution in [0.1, 0.15) is 37.2 Å². The van der Waals surface area contributed by atoms with Crippen LogP contribution in [0.5, 0.6) is 0 Å². The molecule has 1 unspecified atom stereocenters. The summed E-state index contributed by atoms with van der Waals surface area (Å²) in [5, 5.41) is 12.6. The van der Waals surface area contributed by atoms with Gasteiger partial charge in [-0.25, -0.2) is 0 Å². The molecule has 0 spiro atoms. The number of amides is 1. The Hall–Kier alpha value is -0.810. The Morgan fingerprint density at radius 3 is 2.88 bits per heavy atom. The molecule has 1 heterocycles. The number of aromatic amines is 1. The maximum Gasteiger partial charge on any atom is 0.267 e. The second kappa shape index (κ2) is 5.50. The van der Waals surface area contributed by atoms with E-state index in [4.69, 9.17) is 0 Å². The van der Waals surface area contributed by atoms with Crippen LogP contribution < -0.4 is 5.32 Å². The van der Waals surface area contributed by atoms with E-state index in [-0.39, 0.29) is 12.5 Å². The average molecular weight is 289 g/mol. The molecule has 0 fully saturated rings. The highest BCUT2D eigenvalue weighted by molar-refractivity contribution is 9.10. The lowest BCUT2D eigenvalue weighted by Gasteiger charge is -2.22. The summed E-state index contributed by atoms with van der Waals surface area (Å²) in [5.74, 6) is -0.206. The van der Waals surface area contributed by atoms with Gasteiger partial charge in [0.05, 0.1) is 5.60 Å². The van der Waals surface area contributed by atoms with Crippen LogP contribution in [0.2, 0.25) is 0 Å². The second-order valence-corrected chi connectivity index (χ2v) is 5.08. The van der Waals surface area contributed by atoms with Gasteiger partial charge in [0.1, 0.15) is 5.69 Å². The Kier molecular flexibility index (Phi) is 4.56. The summed E-state index contributed by atoms with van der Waals surface area (Å²) < 4.78 is 0.831. The number of H-pyrrole nitrogens is 1. The van der Waals surface area contributed by atoms with Gasteiger partial charge in [-0.15, -0.1) is 0 Å². The van der Waals surface area contributed by atoms with Crippen LogP contribution in [-0.2, 0) is 0 Å². The Labute approximate surface area is 104 Å². The molecule has 1 amide bonds. The molecule has 5 heteroatoms. The summed E-state index contributed by atoms with van der Waals surface area (Å²) in [4.78, 5) is 14.5. The number of aromatic nitrogens is 1. The Morgan fingerprint density at radius 2 is 2.38 bits per heavy atom. The van der Waals surface area contributed by atoms with Crippen LogP contribution in [0.25, 0.3) is 0 Å². The van der Waals surface area contributed by atoms with Gasteiger partial charge in [0.15, 0.2) is 0 Å². The van der Waals surface area contributed by atoms with Gasteiger partial charge in [-0.05, 0) is 35.3 Å². The van der Waals surface area contributed by atoms with E-state index >= 15 is 0 Å². The van der Waals surface area contributed by atoms with Gasteiger partial charge >= 0.3 is 0 Å². The van der Waals surface area contributed by atoms with Crippen molar-refractivity contribution in [2.75, 3.05) is 6.54 Å². The second-order valence-electron chi connectivity index (χ2n) is 4.16. The summed E-state index contributed by atoms with van der Waals surface area (Å²) in [7, 11) is 0. The molecule has 0 saturated heterocycles. The van der Waals surface area contributed by atoms with Crippen LogP contribution in [0, 0.1) is 0 Å². The smallest absolute Gasteiger partial charge is 0.267 e. The Morgan fingerprint density at radius 1 is 1.69 bits per heavy atom. The molecule has 3 N–H and O–H groups in total. The number of halogens is 1. The molecule has 1 atom stereocenters. The van der Waals surface area contributed by atoms with Crippen molar-refractivity contribution in [3.05, 3.63) is 22.4 Å². The molecule has 1 rings (SSSR count). The van der Waals surface area contributed by atoms with Crippen LogP contribution in [-0.4, -0.2) is 28.1 Å². The fourth-order valence-corrected chi connectivity index (χ4v) is 1.84. The summed E-state index contributed by atoms with van der Waals surface area (Å²) in [5.41, 5.74) is -0.354. The summed E-state index contributed by atoms with van der Waals surface area (Å²) in [6, 6.07) is 1.70. The number of carbonyl (C=O) groups excluding carboxylic acids is 1. The van der Waals surface area contributed by atoms with E-state index in [0.717, 1.165) is 10.9 Å². The monoisotopic (exact) mass is 288 g/mol. The van der Waals surface area contributed by atoms with Crippen molar-refractivity contribution in [1.29, 1.82) is 0 Å². The molecule has 4 nitrogen and oxygen atoms in total. The lowest BCUT2D eigenvalue weighted by atomic mass is 10.0. The van der Waals surface area contributed by atoms with Crippen molar-refractivity contribution >= 4 is 21.8 Å². The first-order valence-corrected chi connectivity index (χ1v) is 6.08. The molecule has 1 aromatic heterocycles. The first kappa shape index (κ1) is 13.3. The molecule has 0 aliphatic carbocycles. The topological polar surface area (TPSA) is 65.1 Å². The largest absolute Gasteiger partial charge is 0.388 e. The van der Waals surface area contributed by atoms with E-state index in [1.54, 1.807) is 19.2 Å². The number of hydrogen-bond acceptors (Lipinski definition) is 2. The first-order valence-electron chi connectivity index (χ1n) is 5.29. The van der Waals surface area contributed by atoms with Crippen molar-refractivity contribution in [3.63, 3.8) is 0 Å². The minimum atomic E-state index is -0.839. The molecular weight excluding hydrogens is 272 g/mol. The van der Waals surface area contributed by atoms with E-state index in [9.17, 15) is 9.90 Å². The molecule has 16 heavy (non-hydrogen) atoms. The third kappa shape index (κ3) is 3.98. The standard InChI is InChI=1S/C11H17BrN2O2/c1-3-4-11(2,16)7-14-10(15)9-5-8(12)6-13-9/h5-6,13,16H,3-4,7H2,1-2H3,(H,14,15). The van der Waals surface area contributed by atoms with Crippen LogP contribution >= 0.6 is 15.9 Å². The number of rotatable bonds is 5. The highest BCUT2D eigenvalue weighted by Gasteiger charge is 2.20. The highest BCUT2D eigenvalue weighted by Crippen LogP contribution is 2.12. The van der Waals surface area contributed by atoms with Crippen LogP contribution in [0.3, 0.4) is 0 Å². The third-order valence-electron chi connectivity index (χ3n) is 2.31. The maximum absolute atomic E-state index is 11.6. The van der Waals surface area contributed by atoms with Crippen molar-refractivity contribution in [1.82, 2.24) is 10.3 Å². The Bertz CT molecular complexity index is 361. The number of hydrogen-bond donors (Lipinski definition) is 3. The van der Waals surface area contributed by atoms with Gasteiger partial charge in [-0.2, -0.15) is 0 Å². The average Bonchev–Trinajstić information content (AvgIpc) is 2.61. The van der Waals surface area contributed by atoms with Crippen molar-refractivity contribution < 1.29 is 9.90 Å². The predicted molar refractivity (Wildman–Crippen MR) is 66.4 cm³/mol. The fraction of sp³-hybridized carbons (Fsp3) is 0.545. The zero-order valence-electron chi connectivity index (χ0n) is 9.51. The quantitative estimate of drug-likeness (QED) is 0.777. The minimum absolute atomic E-state index is 0.206. The zero-order valence-corrected chi connectivity index (χ0v) is 11.1. The van der Waals surface area contributed by atoms with E-state index < -0.39 is 5.60 Å². The molecule has 0 bridgehead atoms. The lowest BCUT2D eigenvalue weighted by molar-refractivity contribution is 0.0468. The third-order valence-corrected chi connectivity index (χ3v) is 2.77. The van der Waals surface area contributed by atoms with Crippen molar-refractivity contribution in [2.24, 2.45) is 0 Å².